The lowest BCUT2D eigenvalue weighted by Crippen LogP contribution is -2.50. The molecule has 2 heterocycles. The molecule has 2 bridgehead atoms. The maximum atomic E-state index is 12.0. The highest BCUT2D eigenvalue weighted by atomic mass is 32.3. The monoisotopic (exact) mass is 323 g/mol. The van der Waals surface area contributed by atoms with E-state index in [1.54, 1.807) is 13.8 Å². The fourth-order valence-corrected chi connectivity index (χ4v) is 2.74. The van der Waals surface area contributed by atoms with Crippen LogP contribution in [-0.2, 0) is 24.3 Å². The average Bonchev–Trinajstić information content (AvgIpc) is 2.60. The summed E-state index contributed by atoms with van der Waals surface area (Å²) in [4.78, 5) is 30.2. The van der Waals surface area contributed by atoms with Gasteiger partial charge in [-0.25, -0.2) is 10.3 Å². The second-order valence-electron chi connectivity index (χ2n) is 5.14. The van der Waals surface area contributed by atoms with Gasteiger partial charge in [0.1, 0.15) is 6.04 Å². The van der Waals surface area contributed by atoms with E-state index in [0.717, 1.165) is 0 Å². The molecule has 120 valence electrons. The SMILES string of the molecule is CC(C)ONC(=O)[C@@H]1CC[C@@H]2CN1C(=O)N2OS(=O)(=O)O. The largest absolute Gasteiger partial charge is 0.418 e. The minimum atomic E-state index is -4.79. The van der Waals surface area contributed by atoms with Crippen LogP contribution in [0.4, 0.5) is 4.79 Å². The molecule has 0 aromatic heterocycles. The van der Waals surface area contributed by atoms with Gasteiger partial charge in [-0.2, -0.15) is 13.5 Å². The first-order chi connectivity index (χ1) is 9.69. The Morgan fingerprint density at radius 3 is 2.67 bits per heavy atom. The third-order valence-corrected chi connectivity index (χ3v) is 3.54. The number of urea groups is 1. The average molecular weight is 323 g/mol. The Balaban J connectivity index is 2.05. The normalized spacial score (nSPS) is 25.6. The van der Waals surface area contributed by atoms with Crippen molar-refractivity contribution < 1.29 is 31.7 Å². The molecule has 0 unspecified atom stereocenters. The lowest BCUT2D eigenvalue weighted by molar-refractivity contribution is -0.142. The quantitative estimate of drug-likeness (QED) is 0.513. The molecule has 0 saturated carbocycles. The summed E-state index contributed by atoms with van der Waals surface area (Å²) in [5.74, 6) is -0.482. The molecule has 10 nitrogen and oxygen atoms in total. The molecule has 2 N–H and O–H groups in total. The van der Waals surface area contributed by atoms with Crippen LogP contribution in [0.1, 0.15) is 26.7 Å². The number of nitrogens with zero attached hydrogens (tertiary/aromatic N) is 2. The highest BCUT2D eigenvalue weighted by Crippen LogP contribution is 2.30. The summed E-state index contributed by atoms with van der Waals surface area (Å²) in [5, 5.41) is 0.589. The van der Waals surface area contributed by atoms with Crippen molar-refractivity contribution in [2.45, 2.75) is 44.9 Å². The van der Waals surface area contributed by atoms with E-state index in [2.05, 4.69) is 9.76 Å². The maximum Gasteiger partial charge on any atom is 0.418 e. The first-order valence-corrected chi connectivity index (χ1v) is 7.78. The van der Waals surface area contributed by atoms with Gasteiger partial charge in [-0.1, -0.05) is 0 Å². The van der Waals surface area contributed by atoms with Gasteiger partial charge in [-0.05, 0) is 26.7 Å². The molecule has 0 aromatic carbocycles. The number of fused-ring (bicyclic) bond motifs is 2. The van der Waals surface area contributed by atoms with E-state index >= 15 is 0 Å². The molecular weight excluding hydrogens is 306 g/mol. The number of carbonyl (C=O) groups excluding carboxylic acids is 2. The van der Waals surface area contributed by atoms with Crippen LogP contribution < -0.4 is 5.48 Å². The Labute approximate surface area is 121 Å². The smallest absolute Gasteiger partial charge is 0.309 e. The molecule has 21 heavy (non-hydrogen) atoms. The summed E-state index contributed by atoms with van der Waals surface area (Å²) >= 11 is 0. The van der Waals surface area contributed by atoms with Gasteiger partial charge in [0.15, 0.2) is 0 Å². The molecule has 0 spiro atoms. The lowest BCUT2D eigenvalue weighted by atomic mass is 10.0. The van der Waals surface area contributed by atoms with Gasteiger partial charge < -0.3 is 4.90 Å². The van der Waals surface area contributed by atoms with E-state index in [1.807, 2.05) is 0 Å². The van der Waals surface area contributed by atoms with Crippen LogP contribution in [0.25, 0.3) is 0 Å². The van der Waals surface area contributed by atoms with E-state index < -0.39 is 34.4 Å². The Bertz CT molecular complexity index is 535. The molecule has 2 rings (SSSR count). The maximum absolute atomic E-state index is 12.0. The summed E-state index contributed by atoms with van der Waals surface area (Å²) in [6.07, 6.45) is 0.506. The molecule has 2 fully saturated rings. The second-order valence-corrected chi connectivity index (χ2v) is 6.15. The summed E-state index contributed by atoms with van der Waals surface area (Å²) in [7, 11) is -4.79. The minimum absolute atomic E-state index is 0.147. The van der Waals surface area contributed by atoms with Crippen molar-refractivity contribution in [3.63, 3.8) is 0 Å². The van der Waals surface area contributed by atoms with Gasteiger partial charge in [0, 0.05) is 6.54 Å². The summed E-state index contributed by atoms with van der Waals surface area (Å²) in [6.45, 7) is 3.62. The number of piperidine rings is 1. The van der Waals surface area contributed by atoms with Crippen LogP contribution in [0.15, 0.2) is 0 Å². The fraction of sp³-hybridized carbons (Fsp3) is 0.800. The zero-order chi connectivity index (χ0) is 15.8. The number of nitrogens with one attached hydrogen (secondary N) is 1. The topological polar surface area (TPSA) is 125 Å². The van der Waals surface area contributed by atoms with E-state index in [1.165, 1.54) is 4.90 Å². The van der Waals surface area contributed by atoms with Gasteiger partial charge in [-0.3, -0.25) is 14.2 Å². The first-order valence-electron chi connectivity index (χ1n) is 6.41. The molecule has 11 heteroatoms. The molecule has 0 aromatic rings. The molecule has 2 atom stereocenters. The molecule has 0 radical (unpaired) electrons. The molecule has 2 aliphatic heterocycles. The Hall–Kier alpha value is -1.43. The minimum Gasteiger partial charge on any atom is -0.309 e. The Morgan fingerprint density at radius 1 is 1.43 bits per heavy atom. The first kappa shape index (κ1) is 15.9. The van der Waals surface area contributed by atoms with E-state index in [9.17, 15) is 18.0 Å². The number of hydrogen-bond acceptors (Lipinski definition) is 6. The van der Waals surface area contributed by atoms with Crippen molar-refractivity contribution in [1.29, 1.82) is 0 Å². The third-order valence-electron chi connectivity index (χ3n) is 3.20. The van der Waals surface area contributed by atoms with Crippen LogP contribution in [-0.4, -0.2) is 59.6 Å². The van der Waals surface area contributed by atoms with Crippen molar-refractivity contribution in [2.75, 3.05) is 6.54 Å². The summed E-state index contributed by atoms with van der Waals surface area (Å²) in [6, 6.07) is -2.06. The highest BCUT2D eigenvalue weighted by molar-refractivity contribution is 7.80. The van der Waals surface area contributed by atoms with Crippen LogP contribution in [0, 0.1) is 0 Å². The van der Waals surface area contributed by atoms with Crippen molar-refractivity contribution in [3.8, 4) is 0 Å². The van der Waals surface area contributed by atoms with Crippen molar-refractivity contribution in [1.82, 2.24) is 15.4 Å². The van der Waals surface area contributed by atoms with Crippen molar-refractivity contribution >= 4 is 22.3 Å². The summed E-state index contributed by atoms with van der Waals surface area (Å²) in [5.41, 5.74) is 2.26. The molecule has 2 saturated heterocycles. The highest BCUT2D eigenvalue weighted by Gasteiger charge is 2.49. The molecule has 0 aliphatic carbocycles. The van der Waals surface area contributed by atoms with E-state index in [-0.39, 0.29) is 12.6 Å². The van der Waals surface area contributed by atoms with E-state index in [4.69, 9.17) is 9.39 Å². The predicted molar refractivity (Wildman–Crippen MR) is 67.7 cm³/mol. The van der Waals surface area contributed by atoms with Crippen LogP contribution in [0.3, 0.4) is 0 Å². The lowest BCUT2D eigenvalue weighted by Gasteiger charge is -2.29. The van der Waals surface area contributed by atoms with Gasteiger partial charge in [0.2, 0.25) is 0 Å². The van der Waals surface area contributed by atoms with Gasteiger partial charge in [0.05, 0.1) is 12.1 Å². The zero-order valence-corrected chi connectivity index (χ0v) is 12.4. The summed E-state index contributed by atoms with van der Waals surface area (Å²) < 4.78 is 34.4. The van der Waals surface area contributed by atoms with Crippen molar-refractivity contribution in [2.24, 2.45) is 0 Å². The van der Waals surface area contributed by atoms with Crippen LogP contribution in [0.2, 0.25) is 0 Å². The zero-order valence-electron chi connectivity index (χ0n) is 11.6. The Morgan fingerprint density at radius 2 is 2.10 bits per heavy atom. The van der Waals surface area contributed by atoms with Gasteiger partial charge >= 0.3 is 16.4 Å². The van der Waals surface area contributed by atoms with Crippen LogP contribution >= 0.6 is 0 Å². The standard InChI is InChI=1S/C10H17N3O7S/c1-6(2)19-11-9(14)8-4-3-7-5-12(8)10(15)13(7)20-21(16,17)18/h6-8H,3-5H2,1-2H3,(H,11,14)(H,16,17,18)/t7-,8+/m1/s1. The predicted octanol–water partition coefficient (Wildman–Crippen LogP) is -0.554. The molecular formula is C10H17N3O7S. The Kier molecular flexibility index (Phi) is 4.37. The molecule has 3 amide bonds. The van der Waals surface area contributed by atoms with E-state index in [0.29, 0.717) is 17.9 Å². The van der Waals surface area contributed by atoms with Gasteiger partial charge in [-0.15, -0.1) is 4.28 Å². The number of amides is 3. The number of carbonyl (C=O) groups is 2. The van der Waals surface area contributed by atoms with Crippen LogP contribution in [0.5, 0.6) is 0 Å². The fourth-order valence-electron chi connectivity index (χ4n) is 2.35. The van der Waals surface area contributed by atoms with Crippen molar-refractivity contribution in [3.05, 3.63) is 0 Å². The number of hydroxylamine groups is 3. The van der Waals surface area contributed by atoms with Gasteiger partial charge in [0.25, 0.3) is 5.91 Å². The number of rotatable bonds is 5. The molecule has 2 aliphatic rings. The number of hydrogen-bond donors (Lipinski definition) is 2. The second kappa shape index (κ2) is 5.75. The third kappa shape index (κ3) is 3.61.